The van der Waals surface area contributed by atoms with Gasteiger partial charge < -0.3 is 15.1 Å². The zero-order chi connectivity index (χ0) is 16.8. The minimum Gasteiger partial charge on any atom is -0.343 e. The highest BCUT2D eigenvalue weighted by Gasteiger charge is 2.21. The lowest BCUT2D eigenvalue weighted by atomic mass is 10.2. The first-order valence-electron chi connectivity index (χ1n) is 8.03. The maximum atomic E-state index is 12.1. The first kappa shape index (κ1) is 17.0. The molecular weight excluding hydrogens is 294 g/mol. The first-order chi connectivity index (χ1) is 11.1. The number of carbonyl (C=O) groups excluding carboxylic acids is 3. The number of benzene rings is 1. The fourth-order valence-corrected chi connectivity index (χ4v) is 2.66. The Kier molecular flexibility index (Phi) is 5.73. The summed E-state index contributed by atoms with van der Waals surface area (Å²) in [7, 11) is 0. The van der Waals surface area contributed by atoms with Crippen molar-refractivity contribution in [2.45, 2.75) is 26.7 Å². The molecule has 1 aliphatic heterocycles. The summed E-state index contributed by atoms with van der Waals surface area (Å²) in [5.41, 5.74) is 1.29. The highest BCUT2D eigenvalue weighted by molar-refractivity contribution is 5.98. The van der Waals surface area contributed by atoms with Gasteiger partial charge in [-0.25, -0.2) is 0 Å². The summed E-state index contributed by atoms with van der Waals surface area (Å²) in [6, 6.07) is 6.89. The van der Waals surface area contributed by atoms with Gasteiger partial charge in [0.15, 0.2) is 0 Å². The zero-order valence-corrected chi connectivity index (χ0v) is 13.7. The summed E-state index contributed by atoms with van der Waals surface area (Å²) in [4.78, 5) is 39.0. The molecule has 0 saturated carbocycles. The number of hydrogen-bond donors (Lipinski definition) is 1. The molecular formula is C17H23N3O3. The van der Waals surface area contributed by atoms with Crippen LogP contribution in [0.4, 0.5) is 5.69 Å². The Labute approximate surface area is 136 Å². The van der Waals surface area contributed by atoms with Gasteiger partial charge in [0.2, 0.25) is 11.8 Å². The normalized spacial score (nSPS) is 14.0. The standard InChI is InChI=1S/C17H23N3O3/c1-3-19(4-2)16(22)12-18-17(23)13-7-9-14(10-8-13)20-11-5-6-15(20)21/h7-10H,3-6,11-12H2,1-2H3,(H,18,23). The third-order valence-corrected chi connectivity index (χ3v) is 4.03. The summed E-state index contributed by atoms with van der Waals surface area (Å²) >= 11 is 0. The molecule has 1 aromatic carbocycles. The predicted molar refractivity (Wildman–Crippen MR) is 88.3 cm³/mol. The van der Waals surface area contributed by atoms with E-state index in [4.69, 9.17) is 0 Å². The molecule has 0 atom stereocenters. The van der Waals surface area contributed by atoms with E-state index in [1.165, 1.54) is 0 Å². The van der Waals surface area contributed by atoms with Crippen LogP contribution in [0.25, 0.3) is 0 Å². The number of rotatable bonds is 6. The van der Waals surface area contributed by atoms with Crippen LogP contribution in [0.15, 0.2) is 24.3 Å². The molecule has 1 aliphatic rings. The number of nitrogens with one attached hydrogen (secondary N) is 1. The van der Waals surface area contributed by atoms with E-state index in [1.54, 1.807) is 34.1 Å². The van der Waals surface area contributed by atoms with E-state index in [0.29, 0.717) is 25.1 Å². The molecule has 0 aromatic heterocycles. The molecule has 1 saturated heterocycles. The number of likely N-dealkylation sites (N-methyl/N-ethyl adjacent to an activating group) is 1. The van der Waals surface area contributed by atoms with Crippen LogP contribution in [-0.4, -0.2) is 48.8 Å². The average molecular weight is 317 g/mol. The van der Waals surface area contributed by atoms with Gasteiger partial charge in [-0.3, -0.25) is 14.4 Å². The van der Waals surface area contributed by atoms with Crippen LogP contribution < -0.4 is 10.2 Å². The molecule has 0 aliphatic carbocycles. The molecule has 3 amide bonds. The Morgan fingerprint density at radius 2 is 1.83 bits per heavy atom. The average Bonchev–Trinajstić information content (AvgIpc) is 3.00. The van der Waals surface area contributed by atoms with E-state index in [9.17, 15) is 14.4 Å². The largest absolute Gasteiger partial charge is 0.343 e. The van der Waals surface area contributed by atoms with E-state index in [0.717, 1.165) is 18.7 Å². The number of amides is 3. The second-order valence-corrected chi connectivity index (χ2v) is 5.44. The Morgan fingerprint density at radius 1 is 1.17 bits per heavy atom. The molecule has 0 bridgehead atoms. The van der Waals surface area contributed by atoms with Crippen molar-refractivity contribution < 1.29 is 14.4 Å². The van der Waals surface area contributed by atoms with Gasteiger partial charge in [0.1, 0.15) is 0 Å². The molecule has 0 spiro atoms. The lowest BCUT2D eigenvalue weighted by Gasteiger charge is -2.19. The molecule has 124 valence electrons. The van der Waals surface area contributed by atoms with Gasteiger partial charge in [-0.2, -0.15) is 0 Å². The number of carbonyl (C=O) groups is 3. The summed E-state index contributed by atoms with van der Waals surface area (Å²) in [6.45, 7) is 5.78. The molecule has 1 N–H and O–H groups in total. The molecule has 2 rings (SSSR count). The molecule has 0 unspecified atom stereocenters. The summed E-state index contributed by atoms with van der Waals surface area (Å²) in [5, 5.41) is 2.63. The number of hydrogen-bond acceptors (Lipinski definition) is 3. The quantitative estimate of drug-likeness (QED) is 0.862. The second-order valence-electron chi connectivity index (χ2n) is 5.44. The van der Waals surface area contributed by atoms with Crippen LogP contribution in [0.3, 0.4) is 0 Å². The van der Waals surface area contributed by atoms with Crippen LogP contribution in [0.2, 0.25) is 0 Å². The molecule has 6 heteroatoms. The molecule has 1 heterocycles. The van der Waals surface area contributed by atoms with Gasteiger partial charge in [0, 0.05) is 37.3 Å². The Bertz CT molecular complexity index is 579. The van der Waals surface area contributed by atoms with Gasteiger partial charge in [-0.05, 0) is 44.5 Å². The molecule has 1 fully saturated rings. The minimum absolute atomic E-state index is 0.00707. The van der Waals surface area contributed by atoms with Gasteiger partial charge in [-0.1, -0.05) is 0 Å². The topological polar surface area (TPSA) is 69.7 Å². The zero-order valence-electron chi connectivity index (χ0n) is 13.7. The summed E-state index contributed by atoms with van der Waals surface area (Å²) < 4.78 is 0. The fourth-order valence-electron chi connectivity index (χ4n) is 2.66. The van der Waals surface area contributed by atoms with Gasteiger partial charge >= 0.3 is 0 Å². The van der Waals surface area contributed by atoms with Crippen molar-refractivity contribution in [1.82, 2.24) is 10.2 Å². The lowest BCUT2D eigenvalue weighted by Crippen LogP contribution is -2.40. The van der Waals surface area contributed by atoms with Crippen molar-refractivity contribution in [2.24, 2.45) is 0 Å². The Balaban J connectivity index is 1.92. The van der Waals surface area contributed by atoms with Crippen LogP contribution in [0, 0.1) is 0 Å². The third kappa shape index (κ3) is 4.09. The fraction of sp³-hybridized carbons (Fsp3) is 0.471. The molecule has 23 heavy (non-hydrogen) atoms. The van der Waals surface area contributed by atoms with E-state index < -0.39 is 0 Å². The smallest absolute Gasteiger partial charge is 0.251 e. The maximum Gasteiger partial charge on any atom is 0.251 e. The van der Waals surface area contributed by atoms with Gasteiger partial charge in [0.05, 0.1) is 6.54 Å². The minimum atomic E-state index is -0.287. The number of nitrogens with zero attached hydrogens (tertiary/aromatic N) is 2. The van der Waals surface area contributed by atoms with Crippen molar-refractivity contribution in [3.05, 3.63) is 29.8 Å². The summed E-state index contributed by atoms with van der Waals surface area (Å²) in [6.07, 6.45) is 1.45. The van der Waals surface area contributed by atoms with E-state index in [2.05, 4.69) is 5.32 Å². The van der Waals surface area contributed by atoms with Crippen LogP contribution in [-0.2, 0) is 9.59 Å². The van der Waals surface area contributed by atoms with Crippen molar-refractivity contribution in [3.8, 4) is 0 Å². The lowest BCUT2D eigenvalue weighted by molar-refractivity contribution is -0.129. The molecule has 6 nitrogen and oxygen atoms in total. The van der Waals surface area contributed by atoms with Crippen LogP contribution in [0.5, 0.6) is 0 Å². The van der Waals surface area contributed by atoms with Gasteiger partial charge in [-0.15, -0.1) is 0 Å². The van der Waals surface area contributed by atoms with Crippen molar-refractivity contribution in [2.75, 3.05) is 31.1 Å². The SMILES string of the molecule is CCN(CC)C(=O)CNC(=O)c1ccc(N2CCCC2=O)cc1. The van der Waals surface area contributed by atoms with Gasteiger partial charge in [0.25, 0.3) is 5.91 Å². The van der Waals surface area contributed by atoms with E-state index in [1.807, 2.05) is 13.8 Å². The molecule has 1 aromatic rings. The van der Waals surface area contributed by atoms with Crippen LogP contribution in [0.1, 0.15) is 37.0 Å². The number of anilines is 1. The van der Waals surface area contributed by atoms with Crippen molar-refractivity contribution >= 4 is 23.4 Å². The Morgan fingerprint density at radius 3 is 2.35 bits per heavy atom. The highest BCUT2D eigenvalue weighted by atomic mass is 16.2. The predicted octanol–water partition coefficient (Wildman–Crippen LogP) is 1.41. The monoisotopic (exact) mass is 317 g/mol. The highest BCUT2D eigenvalue weighted by Crippen LogP contribution is 2.21. The first-order valence-corrected chi connectivity index (χ1v) is 8.03. The summed E-state index contributed by atoms with van der Waals surface area (Å²) in [5.74, 6) is -0.264. The maximum absolute atomic E-state index is 12.1. The van der Waals surface area contributed by atoms with Crippen LogP contribution >= 0.6 is 0 Å². The van der Waals surface area contributed by atoms with Crippen molar-refractivity contribution in [3.63, 3.8) is 0 Å². The van der Waals surface area contributed by atoms with Crippen molar-refractivity contribution in [1.29, 1.82) is 0 Å². The molecule has 0 radical (unpaired) electrons. The Hall–Kier alpha value is -2.37. The van der Waals surface area contributed by atoms with E-state index >= 15 is 0 Å². The third-order valence-electron chi connectivity index (χ3n) is 4.03. The van der Waals surface area contributed by atoms with E-state index in [-0.39, 0.29) is 24.3 Å². The second kappa shape index (κ2) is 7.76.